The monoisotopic (exact) mass is 442 g/mol. The molecule has 2 fully saturated rings. The van der Waals surface area contributed by atoms with Gasteiger partial charge in [0.2, 0.25) is 0 Å². The topological polar surface area (TPSA) is 68.7 Å². The summed E-state index contributed by atoms with van der Waals surface area (Å²) in [6, 6.07) is 6.09. The minimum atomic E-state index is -0.839. The van der Waals surface area contributed by atoms with Crippen LogP contribution in [0.3, 0.4) is 0 Å². The Labute approximate surface area is 188 Å². The van der Waals surface area contributed by atoms with E-state index >= 15 is 0 Å². The minimum absolute atomic E-state index is 0.00946. The maximum absolute atomic E-state index is 14.1. The molecule has 2 atom stereocenters. The second kappa shape index (κ2) is 8.57. The highest BCUT2D eigenvalue weighted by Gasteiger charge is 2.48. The molecule has 3 aliphatic rings. The van der Waals surface area contributed by atoms with E-state index in [0.717, 1.165) is 59.5 Å². The Bertz CT molecular complexity index is 987. The molecular weight excluding hydrogens is 411 g/mol. The minimum Gasteiger partial charge on any atom is -0.467 e. The largest absolute Gasteiger partial charge is 0.467 e. The zero-order chi connectivity index (χ0) is 22.3. The van der Waals surface area contributed by atoms with E-state index < -0.39 is 6.17 Å². The number of halogens is 1. The van der Waals surface area contributed by atoms with E-state index in [1.54, 1.807) is 7.11 Å². The fraction of sp³-hybridized carbons (Fsp3) is 0.583. The van der Waals surface area contributed by atoms with Crippen molar-refractivity contribution in [2.45, 2.75) is 57.0 Å². The summed E-state index contributed by atoms with van der Waals surface area (Å²) in [6.07, 6.45) is 2.56. The van der Waals surface area contributed by atoms with Crippen molar-refractivity contribution in [2.75, 3.05) is 39.4 Å². The van der Waals surface area contributed by atoms with E-state index in [1.807, 2.05) is 31.0 Å². The molecule has 5 rings (SSSR count). The Hall–Kier alpha value is -2.29. The van der Waals surface area contributed by atoms with Crippen molar-refractivity contribution in [3.8, 4) is 17.0 Å². The molecule has 0 bridgehead atoms. The number of ether oxygens (including phenoxy) is 3. The van der Waals surface area contributed by atoms with Crippen LogP contribution in [-0.4, -0.2) is 67.0 Å². The predicted octanol–water partition coefficient (Wildman–Crippen LogP) is 3.49. The van der Waals surface area contributed by atoms with Crippen molar-refractivity contribution in [1.82, 2.24) is 15.1 Å². The molecule has 1 N–H and O–H groups in total. The molecule has 1 aromatic heterocycles. The number of alkyl halides is 1. The number of fused-ring (bicyclic) bond motifs is 1. The van der Waals surface area contributed by atoms with Gasteiger partial charge in [-0.05, 0) is 50.1 Å². The number of methoxy groups -OCH3 is 1. The number of anilines is 1. The van der Waals surface area contributed by atoms with Crippen LogP contribution in [0.2, 0.25) is 0 Å². The van der Waals surface area contributed by atoms with Gasteiger partial charge in [-0.25, -0.2) is 4.39 Å². The summed E-state index contributed by atoms with van der Waals surface area (Å²) in [5.74, 6) is 1.44. The third-order valence-electron chi connectivity index (χ3n) is 6.66. The second-order valence-electron chi connectivity index (χ2n) is 9.45. The number of aromatic nitrogens is 2. The van der Waals surface area contributed by atoms with E-state index in [0.29, 0.717) is 25.4 Å². The van der Waals surface area contributed by atoms with Crippen molar-refractivity contribution in [2.24, 2.45) is 0 Å². The fourth-order valence-corrected chi connectivity index (χ4v) is 4.86. The average Bonchev–Trinajstić information content (AvgIpc) is 3.50. The smallest absolute Gasteiger partial charge is 0.188 e. The molecule has 1 spiro atoms. The van der Waals surface area contributed by atoms with Crippen LogP contribution in [0.4, 0.5) is 10.2 Å². The molecule has 1 saturated heterocycles. The summed E-state index contributed by atoms with van der Waals surface area (Å²) >= 11 is 0. The summed E-state index contributed by atoms with van der Waals surface area (Å²) in [6.45, 7) is 3.94. The molecule has 0 amide bonds. The SMILES string of the molecule is COCOc1cc(C)ccc1-c1nnc(NC2C[C@@H](F)CN(C)C2)c2c1CC1(CC1)OC2. The van der Waals surface area contributed by atoms with Gasteiger partial charge in [-0.15, -0.1) is 10.2 Å². The van der Waals surface area contributed by atoms with E-state index in [9.17, 15) is 4.39 Å². The van der Waals surface area contributed by atoms with Crippen LogP contribution in [0.25, 0.3) is 11.3 Å². The number of benzene rings is 1. The highest BCUT2D eigenvalue weighted by molar-refractivity contribution is 5.73. The lowest BCUT2D eigenvalue weighted by molar-refractivity contribution is 0.00827. The molecular formula is C24H31FN4O3. The molecule has 2 aromatic rings. The van der Waals surface area contributed by atoms with Gasteiger partial charge in [0.05, 0.1) is 12.2 Å². The van der Waals surface area contributed by atoms with Gasteiger partial charge in [0.15, 0.2) is 12.6 Å². The molecule has 1 saturated carbocycles. The first-order chi connectivity index (χ1) is 15.5. The maximum Gasteiger partial charge on any atom is 0.188 e. The highest BCUT2D eigenvalue weighted by atomic mass is 19.1. The van der Waals surface area contributed by atoms with Gasteiger partial charge < -0.3 is 24.4 Å². The van der Waals surface area contributed by atoms with E-state index in [-0.39, 0.29) is 18.4 Å². The first-order valence-electron chi connectivity index (χ1n) is 11.3. The average molecular weight is 443 g/mol. The van der Waals surface area contributed by atoms with Gasteiger partial charge in [-0.1, -0.05) is 6.07 Å². The van der Waals surface area contributed by atoms with Crippen LogP contribution in [0.1, 0.15) is 36.0 Å². The lowest BCUT2D eigenvalue weighted by atomic mass is 9.92. The van der Waals surface area contributed by atoms with Crippen LogP contribution in [0, 0.1) is 6.92 Å². The summed E-state index contributed by atoms with van der Waals surface area (Å²) in [5, 5.41) is 12.7. The molecule has 8 heteroatoms. The summed E-state index contributed by atoms with van der Waals surface area (Å²) in [7, 11) is 3.56. The Morgan fingerprint density at radius 3 is 2.84 bits per heavy atom. The molecule has 1 aromatic carbocycles. The standard InChI is InChI=1S/C24H31FN4O3/c1-15-4-5-18(21(8-15)31-14-30-3)22-19-10-24(6-7-24)32-13-20(19)23(28-27-22)26-17-9-16(25)11-29(2)12-17/h4-5,8,16-17H,6-7,9-14H2,1-3H3,(H,26,28)/t16-,17?/m1/s1. The molecule has 172 valence electrons. The van der Waals surface area contributed by atoms with Crippen molar-refractivity contribution in [3.05, 3.63) is 34.9 Å². The van der Waals surface area contributed by atoms with Gasteiger partial charge >= 0.3 is 0 Å². The quantitative estimate of drug-likeness (QED) is 0.687. The second-order valence-corrected chi connectivity index (χ2v) is 9.45. The molecule has 0 radical (unpaired) electrons. The van der Waals surface area contributed by atoms with Crippen LogP contribution in [0.5, 0.6) is 5.75 Å². The Morgan fingerprint density at radius 1 is 1.25 bits per heavy atom. The Morgan fingerprint density at radius 2 is 2.09 bits per heavy atom. The lowest BCUT2D eigenvalue weighted by Gasteiger charge is -2.34. The molecule has 7 nitrogen and oxygen atoms in total. The zero-order valence-electron chi connectivity index (χ0n) is 19.0. The molecule has 32 heavy (non-hydrogen) atoms. The number of likely N-dealkylation sites (tertiary alicyclic amines) is 1. The number of piperidine rings is 1. The van der Waals surface area contributed by atoms with Gasteiger partial charge in [-0.2, -0.15) is 0 Å². The van der Waals surface area contributed by atoms with E-state index in [1.165, 1.54) is 0 Å². The first-order valence-corrected chi connectivity index (χ1v) is 11.3. The van der Waals surface area contributed by atoms with Gasteiger partial charge in [0.1, 0.15) is 17.6 Å². The predicted molar refractivity (Wildman–Crippen MR) is 120 cm³/mol. The number of likely N-dealkylation sites (N-methyl/N-ethyl adjacent to an activating group) is 1. The first kappa shape index (κ1) is 21.6. The van der Waals surface area contributed by atoms with E-state index in [4.69, 9.17) is 14.2 Å². The molecule has 3 heterocycles. The van der Waals surface area contributed by atoms with Gasteiger partial charge in [0.25, 0.3) is 0 Å². The number of nitrogens with zero attached hydrogens (tertiary/aromatic N) is 3. The van der Waals surface area contributed by atoms with Gasteiger partial charge in [-0.3, -0.25) is 0 Å². The zero-order valence-corrected chi connectivity index (χ0v) is 19.0. The number of aryl methyl sites for hydroxylation is 1. The number of hydrogen-bond acceptors (Lipinski definition) is 7. The van der Waals surface area contributed by atoms with Crippen molar-refractivity contribution in [3.63, 3.8) is 0 Å². The maximum atomic E-state index is 14.1. The lowest BCUT2D eigenvalue weighted by Crippen LogP contribution is -2.45. The number of rotatable bonds is 6. The number of nitrogens with one attached hydrogen (secondary N) is 1. The van der Waals surface area contributed by atoms with Crippen LogP contribution >= 0.6 is 0 Å². The summed E-state index contributed by atoms with van der Waals surface area (Å²) < 4.78 is 31.4. The Balaban J connectivity index is 1.53. The van der Waals surface area contributed by atoms with Crippen molar-refractivity contribution < 1.29 is 18.6 Å². The van der Waals surface area contributed by atoms with E-state index in [2.05, 4.69) is 21.6 Å². The third-order valence-corrected chi connectivity index (χ3v) is 6.66. The third kappa shape index (κ3) is 4.31. The van der Waals surface area contributed by atoms with Crippen LogP contribution in [0.15, 0.2) is 18.2 Å². The summed E-state index contributed by atoms with van der Waals surface area (Å²) in [4.78, 5) is 2.02. The highest BCUT2D eigenvalue weighted by Crippen LogP contribution is 2.49. The summed E-state index contributed by atoms with van der Waals surface area (Å²) in [5.41, 5.74) is 4.93. The van der Waals surface area contributed by atoms with Crippen molar-refractivity contribution >= 4 is 5.82 Å². The number of hydrogen-bond donors (Lipinski definition) is 1. The van der Waals surface area contributed by atoms with Crippen molar-refractivity contribution in [1.29, 1.82) is 0 Å². The van der Waals surface area contributed by atoms with Crippen LogP contribution in [-0.2, 0) is 22.5 Å². The Kier molecular flexibility index (Phi) is 5.77. The van der Waals surface area contributed by atoms with Gasteiger partial charge in [0, 0.05) is 50.2 Å². The normalized spacial score (nSPS) is 24.2. The molecule has 2 aliphatic heterocycles. The fourth-order valence-electron chi connectivity index (χ4n) is 4.86. The van der Waals surface area contributed by atoms with Crippen LogP contribution < -0.4 is 10.1 Å². The molecule has 1 aliphatic carbocycles. The molecule has 1 unspecified atom stereocenters.